The quantitative estimate of drug-likeness (QED) is 0.756. The van der Waals surface area contributed by atoms with Gasteiger partial charge in [0, 0.05) is 11.3 Å². The number of amides is 1. The zero-order chi connectivity index (χ0) is 17.6. The molecule has 0 fully saturated rings. The highest BCUT2D eigenvalue weighted by atomic mass is 19.1. The number of nitrogens with one attached hydrogen (secondary N) is 1. The van der Waals surface area contributed by atoms with Crippen molar-refractivity contribution in [3.05, 3.63) is 72.2 Å². The van der Waals surface area contributed by atoms with Crippen molar-refractivity contribution >= 4 is 11.6 Å². The van der Waals surface area contributed by atoms with Gasteiger partial charge in [-0.05, 0) is 60.7 Å². The van der Waals surface area contributed by atoms with Gasteiger partial charge in [0.25, 0.3) is 5.91 Å². The van der Waals surface area contributed by atoms with Crippen LogP contribution in [0, 0.1) is 17.1 Å². The molecular weight excluding hydrogens is 323 g/mol. The Morgan fingerprint density at radius 1 is 1.08 bits per heavy atom. The number of furan rings is 1. The Bertz CT molecular complexity index is 909. The van der Waals surface area contributed by atoms with E-state index < -0.39 is 5.91 Å². The van der Waals surface area contributed by atoms with Crippen LogP contribution in [0.15, 0.2) is 65.1 Å². The van der Waals surface area contributed by atoms with Crippen LogP contribution in [0.4, 0.5) is 10.1 Å². The average Bonchev–Trinajstić information content (AvgIpc) is 3.12. The number of carbonyl (C=O) groups is 1. The maximum absolute atomic E-state index is 13.0. The molecule has 1 aromatic heterocycles. The predicted molar refractivity (Wildman–Crippen MR) is 89.6 cm³/mol. The van der Waals surface area contributed by atoms with Crippen molar-refractivity contribution in [3.63, 3.8) is 0 Å². The lowest BCUT2D eigenvalue weighted by Gasteiger charge is -2.05. The Kier molecular flexibility index (Phi) is 4.77. The van der Waals surface area contributed by atoms with Gasteiger partial charge in [0.05, 0.1) is 0 Å². The average molecular weight is 336 g/mol. The fourth-order valence-electron chi connectivity index (χ4n) is 2.17. The third-order valence-electron chi connectivity index (χ3n) is 3.37. The maximum Gasteiger partial charge on any atom is 0.291 e. The molecule has 0 saturated carbocycles. The molecule has 25 heavy (non-hydrogen) atoms. The Morgan fingerprint density at radius 3 is 2.48 bits per heavy atom. The molecular formula is C19H13FN2O3. The molecule has 1 N–H and O–H groups in total. The second-order valence-corrected chi connectivity index (χ2v) is 5.10. The van der Waals surface area contributed by atoms with E-state index in [9.17, 15) is 9.18 Å². The van der Waals surface area contributed by atoms with Gasteiger partial charge in [-0.1, -0.05) is 0 Å². The van der Waals surface area contributed by atoms with E-state index in [1.54, 1.807) is 48.5 Å². The van der Waals surface area contributed by atoms with E-state index in [-0.39, 0.29) is 18.2 Å². The van der Waals surface area contributed by atoms with E-state index in [1.807, 2.05) is 6.07 Å². The minimum atomic E-state index is -0.404. The molecule has 0 bridgehead atoms. The van der Waals surface area contributed by atoms with Gasteiger partial charge < -0.3 is 14.5 Å². The number of carbonyl (C=O) groups excluding carboxylic acids is 1. The van der Waals surface area contributed by atoms with Crippen LogP contribution in [-0.2, 0) is 0 Å². The number of hydrogen-bond donors (Lipinski definition) is 1. The van der Waals surface area contributed by atoms with E-state index in [0.29, 0.717) is 22.8 Å². The van der Waals surface area contributed by atoms with Gasteiger partial charge in [0.2, 0.25) is 0 Å². The van der Waals surface area contributed by atoms with Crippen LogP contribution in [0.5, 0.6) is 5.75 Å². The van der Waals surface area contributed by atoms with Crippen LogP contribution >= 0.6 is 0 Å². The lowest BCUT2D eigenvalue weighted by Crippen LogP contribution is -2.10. The minimum Gasteiger partial charge on any atom is -0.479 e. The lowest BCUT2D eigenvalue weighted by atomic mass is 10.2. The summed E-state index contributed by atoms with van der Waals surface area (Å²) in [4.78, 5) is 12.2. The SMILES string of the molecule is N#CCOc1ccc(NC(=O)c2ccc(-c3ccc(F)cc3)o2)cc1. The summed E-state index contributed by atoms with van der Waals surface area (Å²) in [5.41, 5.74) is 1.24. The molecule has 5 nitrogen and oxygen atoms in total. The van der Waals surface area contributed by atoms with Crippen molar-refractivity contribution in [3.8, 4) is 23.1 Å². The first kappa shape index (κ1) is 16.3. The van der Waals surface area contributed by atoms with E-state index >= 15 is 0 Å². The number of nitriles is 1. The lowest BCUT2D eigenvalue weighted by molar-refractivity contribution is 0.0997. The van der Waals surface area contributed by atoms with Gasteiger partial charge in [-0.15, -0.1) is 0 Å². The second-order valence-electron chi connectivity index (χ2n) is 5.10. The molecule has 124 valence electrons. The van der Waals surface area contributed by atoms with E-state index in [2.05, 4.69) is 5.32 Å². The third kappa shape index (κ3) is 4.03. The molecule has 3 aromatic rings. The Hall–Kier alpha value is -3.59. The predicted octanol–water partition coefficient (Wildman–Crippen LogP) is 4.24. The summed E-state index contributed by atoms with van der Waals surface area (Å²) in [5.74, 6) is 0.417. The maximum atomic E-state index is 13.0. The molecule has 0 saturated heterocycles. The van der Waals surface area contributed by atoms with Crippen LogP contribution in [0.1, 0.15) is 10.6 Å². The summed E-state index contributed by atoms with van der Waals surface area (Å²) < 4.78 is 23.6. The Balaban J connectivity index is 1.67. The number of nitrogens with zero attached hydrogens (tertiary/aromatic N) is 1. The Morgan fingerprint density at radius 2 is 1.80 bits per heavy atom. The number of benzene rings is 2. The first-order valence-corrected chi connectivity index (χ1v) is 7.42. The van der Waals surface area contributed by atoms with Gasteiger partial charge in [-0.3, -0.25) is 4.79 Å². The topological polar surface area (TPSA) is 75.3 Å². The highest BCUT2D eigenvalue weighted by Crippen LogP contribution is 2.23. The van der Waals surface area contributed by atoms with Gasteiger partial charge in [0.1, 0.15) is 23.4 Å². The van der Waals surface area contributed by atoms with Gasteiger partial charge >= 0.3 is 0 Å². The van der Waals surface area contributed by atoms with E-state index in [0.717, 1.165) is 0 Å². The highest BCUT2D eigenvalue weighted by molar-refractivity contribution is 6.02. The molecule has 0 aliphatic rings. The van der Waals surface area contributed by atoms with Crippen molar-refractivity contribution in [1.29, 1.82) is 5.26 Å². The molecule has 2 aromatic carbocycles. The van der Waals surface area contributed by atoms with E-state index in [1.165, 1.54) is 12.1 Å². The highest BCUT2D eigenvalue weighted by Gasteiger charge is 2.12. The largest absolute Gasteiger partial charge is 0.479 e. The molecule has 3 rings (SSSR count). The van der Waals surface area contributed by atoms with Crippen molar-refractivity contribution < 1.29 is 18.3 Å². The van der Waals surface area contributed by atoms with Gasteiger partial charge in [-0.2, -0.15) is 5.26 Å². The number of hydrogen-bond acceptors (Lipinski definition) is 4. The summed E-state index contributed by atoms with van der Waals surface area (Å²) in [7, 11) is 0. The Labute approximate surface area is 143 Å². The summed E-state index contributed by atoms with van der Waals surface area (Å²) >= 11 is 0. The molecule has 0 radical (unpaired) electrons. The molecule has 0 unspecified atom stereocenters. The van der Waals surface area contributed by atoms with Crippen LogP contribution in [0.2, 0.25) is 0 Å². The van der Waals surface area contributed by atoms with E-state index in [4.69, 9.17) is 14.4 Å². The number of ether oxygens (including phenoxy) is 1. The first-order chi connectivity index (χ1) is 12.2. The summed E-state index contributed by atoms with van der Waals surface area (Å²) in [6, 6.07) is 17.5. The number of anilines is 1. The summed E-state index contributed by atoms with van der Waals surface area (Å²) in [5, 5.41) is 11.2. The molecule has 1 amide bonds. The molecule has 0 atom stereocenters. The van der Waals surface area contributed by atoms with Gasteiger partial charge in [0.15, 0.2) is 12.4 Å². The second kappa shape index (κ2) is 7.32. The fourth-order valence-corrected chi connectivity index (χ4v) is 2.17. The van der Waals surface area contributed by atoms with Crippen molar-refractivity contribution in [1.82, 2.24) is 0 Å². The molecule has 0 aliphatic carbocycles. The van der Waals surface area contributed by atoms with Crippen LogP contribution in [0.25, 0.3) is 11.3 Å². The monoisotopic (exact) mass is 336 g/mol. The zero-order valence-electron chi connectivity index (χ0n) is 13.0. The van der Waals surface area contributed by atoms with Crippen molar-refractivity contribution in [2.24, 2.45) is 0 Å². The van der Waals surface area contributed by atoms with Gasteiger partial charge in [-0.25, -0.2) is 4.39 Å². The number of halogens is 1. The number of rotatable bonds is 5. The first-order valence-electron chi connectivity index (χ1n) is 7.42. The van der Waals surface area contributed by atoms with Crippen molar-refractivity contribution in [2.75, 3.05) is 11.9 Å². The minimum absolute atomic E-state index is 0.0374. The molecule has 0 spiro atoms. The van der Waals surface area contributed by atoms with Crippen LogP contribution in [0.3, 0.4) is 0 Å². The third-order valence-corrected chi connectivity index (χ3v) is 3.37. The normalized spacial score (nSPS) is 10.1. The smallest absolute Gasteiger partial charge is 0.291 e. The summed E-state index contributed by atoms with van der Waals surface area (Å²) in [6.45, 7) is -0.0374. The standard InChI is InChI=1S/C19H13FN2O3/c20-14-3-1-13(2-4-14)17-9-10-18(25-17)19(23)22-15-5-7-16(8-6-15)24-12-11-21/h1-10H,12H2,(H,22,23). The van der Waals surface area contributed by atoms with Crippen LogP contribution in [-0.4, -0.2) is 12.5 Å². The molecule has 0 aliphatic heterocycles. The van der Waals surface area contributed by atoms with Crippen molar-refractivity contribution in [2.45, 2.75) is 0 Å². The fraction of sp³-hybridized carbons (Fsp3) is 0.0526. The molecule has 1 heterocycles. The van der Waals surface area contributed by atoms with Crippen LogP contribution < -0.4 is 10.1 Å². The zero-order valence-corrected chi connectivity index (χ0v) is 13.0. The molecule has 6 heteroatoms. The summed E-state index contributed by atoms with van der Waals surface area (Å²) in [6.07, 6.45) is 0.